The highest BCUT2D eigenvalue weighted by molar-refractivity contribution is 9.10. The average molecular weight is 410 g/mol. The molecule has 0 aliphatic heterocycles. The van der Waals surface area contributed by atoms with E-state index in [-0.39, 0.29) is 17.0 Å². The van der Waals surface area contributed by atoms with Crippen LogP contribution in [0.2, 0.25) is 5.02 Å². The Morgan fingerprint density at radius 2 is 1.79 bits per heavy atom. The minimum Gasteiger partial charge on any atom is -0.363 e. The van der Waals surface area contributed by atoms with Gasteiger partial charge in [-0.2, -0.15) is 0 Å². The number of benzene rings is 2. The molecule has 1 atom stereocenters. The molecule has 0 unspecified atom stereocenters. The van der Waals surface area contributed by atoms with Gasteiger partial charge in [-0.15, -0.1) is 0 Å². The standard InChI is InChI=1S/C17H14BrClN2O3/c18-11-6-7-13(19)12(9-11)17(24)21-14(15(22)16(20)23)8-10-4-2-1-3-5-10/h1-7,9,14H,8H2,(H2,20,23)(H,21,24)/t14-/m0/s1. The zero-order valence-electron chi connectivity index (χ0n) is 12.5. The Bertz CT molecular complexity index is 781. The number of halogens is 2. The second-order valence-electron chi connectivity index (χ2n) is 5.07. The molecule has 0 spiro atoms. The van der Waals surface area contributed by atoms with Gasteiger partial charge in [0.05, 0.1) is 10.6 Å². The highest BCUT2D eigenvalue weighted by Crippen LogP contribution is 2.21. The number of carbonyl (C=O) groups is 3. The molecule has 7 heteroatoms. The molecule has 0 fully saturated rings. The monoisotopic (exact) mass is 408 g/mol. The molecule has 0 radical (unpaired) electrons. The van der Waals surface area contributed by atoms with Gasteiger partial charge in [-0.1, -0.05) is 57.9 Å². The van der Waals surface area contributed by atoms with Crippen molar-refractivity contribution >= 4 is 45.1 Å². The van der Waals surface area contributed by atoms with E-state index in [1.165, 1.54) is 6.07 Å². The van der Waals surface area contributed by atoms with Gasteiger partial charge in [0, 0.05) is 10.9 Å². The van der Waals surface area contributed by atoms with E-state index in [0.29, 0.717) is 4.47 Å². The van der Waals surface area contributed by atoms with Crippen LogP contribution in [-0.4, -0.2) is 23.6 Å². The number of hydrogen-bond donors (Lipinski definition) is 2. The second-order valence-corrected chi connectivity index (χ2v) is 6.39. The van der Waals surface area contributed by atoms with Crippen molar-refractivity contribution in [3.63, 3.8) is 0 Å². The van der Waals surface area contributed by atoms with Crippen LogP contribution in [0.1, 0.15) is 15.9 Å². The SMILES string of the molecule is NC(=O)C(=O)[C@H](Cc1ccccc1)NC(=O)c1cc(Br)ccc1Cl. The van der Waals surface area contributed by atoms with Gasteiger partial charge in [-0.3, -0.25) is 14.4 Å². The molecule has 0 aromatic heterocycles. The minimum absolute atomic E-state index is 0.153. The molecule has 3 N–H and O–H groups in total. The third-order valence-electron chi connectivity index (χ3n) is 3.32. The molecule has 0 aliphatic rings. The first-order valence-corrected chi connectivity index (χ1v) is 8.19. The maximum atomic E-state index is 12.4. The molecule has 0 saturated carbocycles. The van der Waals surface area contributed by atoms with Gasteiger partial charge in [-0.25, -0.2) is 0 Å². The molecule has 0 saturated heterocycles. The van der Waals surface area contributed by atoms with E-state index in [1.807, 2.05) is 6.07 Å². The molecule has 2 aromatic rings. The molecule has 2 rings (SSSR count). The van der Waals surface area contributed by atoms with E-state index in [9.17, 15) is 14.4 Å². The highest BCUT2D eigenvalue weighted by atomic mass is 79.9. The van der Waals surface area contributed by atoms with Crippen LogP contribution in [0.4, 0.5) is 0 Å². The van der Waals surface area contributed by atoms with E-state index in [2.05, 4.69) is 21.2 Å². The first-order valence-electron chi connectivity index (χ1n) is 7.02. The number of hydrogen-bond acceptors (Lipinski definition) is 3. The lowest BCUT2D eigenvalue weighted by Crippen LogP contribution is -2.47. The zero-order chi connectivity index (χ0) is 17.7. The summed E-state index contributed by atoms with van der Waals surface area (Å²) in [6.45, 7) is 0. The lowest BCUT2D eigenvalue weighted by Gasteiger charge is -2.17. The van der Waals surface area contributed by atoms with Crippen molar-refractivity contribution in [2.45, 2.75) is 12.5 Å². The van der Waals surface area contributed by atoms with Crippen molar-refractivity contribution in [3.05, 3.63) is 69.2 Å². The Morgan fingerprint density at radius 1 is 1.12 bits per heavy atom. The van der Waals surface area contributed by atoms with Crippen molar-refractivity contribution in [3.8, 4) is 0 Å². The normalized spacial score (nSPS) is 11.6. The van der Waals surface area contributed by atoms with Gasteiger partial charge in [0.15, 0.2) is 0 Å². The summed E-state index contributed by atoms with van der Waals surface area (Å²) in [5, 5.41) is 2.77. The van der Waals surface area contributed by atoms with Crippen LogP contribution < -0.4 is 11.1 Å². The largest absolute Gasteiger partial charge is 0.363 e. The molecule has 0 bridgehead atoms. The van der Waals surface area contributed by atoms with Crippen molar-refractivity contribution in [2.24, 2.45) is 5.73 Å². The summed E-state index contributed by atoms with van der Waals surface area (Å²) in [5.74, 6) is -2.52. The highest BCUT2D eigenvalue weighted by Gasteiger charge is 2.26. The average Bonchev–Trinajstić information content (AvgIpc) is 2.56. The van der Waals surface area contributed by atoms with Gasteiger partial charge in [0.25, 0.3) is 11.8 Å². The number of Topliss-reactive ketones (excluding diaryl/α,β-unsaturated/α-hetero) is 1. The number of primary amides is 1. The number of nitrogens with two attached hydrogens (primary N) is 1. The summed E-state index contributed by atoms with van der Waals surface area (Å²) in [5.41, 5.74) is 6.07. The molecular weight excluding hydrogens is 396 g/mol. The van der Waals surface area contributed by atoms with E-state index in [0.717, 1.165) is 5.56 Å². The van der Waals surface area contributed by atoms with Crippen LogP contribution in [0.15, 0.2) is 53.0 Å². The van der Waals surface area contributed by atoms with Gasteiger partial charge < -0.3 is 11.1 Å². The number of carbonyl (C=O) groups excluding carboxylic acids is 3. The first kappa shape index (κ1) is 18.2. The molecule has 0 heterocycles. The third-order valence-corrected chi connectivity index (χ3v) is 4.14. The van der Waals surface area contributed by atoms with E-state index in [1.54, 1.807) is 36.4 Å². The quantitative estimate of drug-likeness (QED) is 0.718. The van der Waals surface area contributed by atoms with Crippen molar-refractivity contribution < 1.29 is 14.4 Å². The summed E-state index contributed by atoms with van der Waals surface area (Å²) in [6, 6.07) is 12.7. The maximum absolute atomic E-state index is 12.4. The van der Waals surface area contributed by atoms with E-state index < -0.39 is 23.6 Å². The topological polar surface area (TPSA) is 89.3 Å². The zero-order valence-corrected chi connectivity index (χ0v) is 14.8. The number of nitrogens with one attached hydrogen (secondary N) is 1. The molecular formula is C17H14BrClN2O3. The third kappa shape index (κ3) is 4.66. The number of amides is 2. The Kier molecular flexibility index (Phi) is 6.11. The van der Waals surface area contributed by atoms with Gasteiger partial charge in [-0.05, 0) is 23.8 Å². The molecule has 5 nitrogen and oxygen atoms in total. The molecule has 24 heavy (non-hydrogen) atoms. The van der Waals surface area contributed by atoms with E-state index in [4.69, 9.17) is 17.3 Å². The molecule has 2 aromatic carbocycles. The minimum atomic E-state index is -1.10. The first-order chi connectivity index (χ1) is 11.4. The number of ketones is 1. The maximum Gasteiger partial charge on any atom is 0.287 e. The van der Waals surface area contributed by atoms with E-state index >= 15 is 0 Å². The van der Waals surface area contributed by atoms with Crippen LogP contribution in [-0.2, 0) is 16.0 Å². The summed E-state index contributed by atoms with van der Waals surface area (Å²) >= 11 is 9.28. The van der Waals surface area contributed by atoms with Crippen molar-refractivity contribution in [2.75, 3.05) is 0 Å². The fourth-order valence-corrected chi connectivity index (χ4v) is 2.70. The Balaban J connectivity index is 2.24. The van der Waals surface area contributed by atoms with Crippen LogP contribution in [0.3, 0.4) is 0 Å². The summed E-state index contributed by atoms with van der Waals surface area (Å²) in [6.07, 6.45) is 0.153. The molecule has 124 valence electrons. The van der Waals surface area contributed by atoms with Crippen LogP contribution in [0.5, 0.6) is 0 Å². The van der Waals surface area contributed by atoms with Crippen molar-refractivity contribution in [1.29, 1.82) is 0 Å². The fourth-order valence-electron chi connectivity index (χ4n) is 2.14. The smallest absolute Gasteiger partial charge is 0.287 e. The summed E-state index contributed by atoms with van der Waals surface area (Å²) in [4.78, 5) is 35.7. The van der Waals surface area contributed by atoms with Gasteiger partial charge >= 0.3 is 0 Å². The Morgan fingerprint density at radius 3 is 2.42 bits per heavy atom. The van der Waals surface area contributed by atoms with Gasteiger partial charge in [0.1, 0.15) is 6.04 Å². The van der Waals surface area contributed by atoms with Crippen LogP contribution in [0.25, 0.3) is 0 Å². The fraction of sp³-hybridized carbons (Fsp3) is 0.118. The van der Waals surface area contributed by atoms with Crippen molar-refractivity contribution in [1.82, 2.24) is 5.32 Å². The Hall–Kier alpha value is -2.18. The summed E-state index contributed by atoms with van der Waals surface area (Å²) in [7, 11) is 0. The molecule has 2 amide bonds. The Labute approximate surface area is 152 Å². The predicted molar refractivity (Wildman–Crippen MR) is 94.8 cm³/mol. The summed E-state index contributed by atoms with van der Waals surface area (Å²) < 4.78 is 0.665. The van der Waals surface area contributed by atoms with Crippen LogP contribution >= 0.6 is 27.5 Å². The molecule has 0 aliphatic carbocycles. The van der Waals surface area contributed by atoms with Gasteiger partial charge in [0.2, 0.25) is 5.78 Å². The van der Waals surface area contributed by atoms with Crippen LogP contribution in [0, 0.1) is 0 Å². The lowest BCUT2D eigenvalue weighted by atomic mass is 10.0. The predicted octanol–water partition coefficient (Wildman–Crippen LogP) is 2.50. The number of rotatable bonds is 6. The lowest BCUT2D eigenvalue weighted by molar-refractivity contribution is -0.137. The second kappa shape index (κ2) is 8.08.